The topological polar surface area (TPSA) is 84.9 Å². The first-order chi connectivity index (χ1) is 14.4. The number of hydrogen-bond donors (Lipinski definition) is 1. The van der Waals surface area contributed by atoms with E-state index in [4.69, 9.17) is 9.47 Å². The highest BCUT2D eigenvalue weighted by Crippen LogP contribution is 2.27. The lowest BCUT2D eigenvalue weighted by Gasteiger charge is -2.24. The van der Waals surface area contributed by atoms with Crippen LogP contribution >= 0.6 is 0 Å². The van der Waals surface area contributed by atoms with Crippen LogP contribution in [0.1, 0.15) is 0 Å². The Bertz CT molecular complexity index is 1120. The van der Waals surface area contributed by atoms with E-state index in [1.54, 1.807) is 66.7 Å². The molecule has 1 N–H and O–H groups in total. The summed E-state index contributed by atoms with van der Waals surface area (Å²) in [4.78, 5) is 12.8. The second-order valence-corrected chi connectivity index (χ2v) is 8.17. The van der Waals surface area contributed by atoms with E-state index in [2.05, 4.69) is 5.32 Å². The van der Waals surface area contributed by atoms with Gasteiger partial charge in [-0.1, -0.05) is 30.3 Å². The van der Waals surface area contributed by atoms with Crippen molar-refractivity contribution in [1.82, 2.24) is 0 Å². The summed E-state index contributed by atoms with van der Waals surface area (Å²) in [6.45, 7) is -0.415. The van der Waals surface area contributed by atoms with Crippen molar-refractivity contribution in [3.63, 3.8) is 0 Å². The third-order valence-electron chi connectivity index (χ3n) is 4.31. The molecule has 0 radical (unpaired) electrons. The lowest BCUT2D eigenvalue weighted by Crippen LogP contribution is -2.38. The van der Waals surface area contributed by atoms with E-state index in [-0.39, 0.29) is 4.90 Å². The Balaban J connectivity index is 1.94. The molecule has 0 heterocycles. The molecule has 7 nitrogen and oxygen atoms in total. The Morgan fingerprint density at radius 2 is 1.50 bits per heavy atom. The van der Waals surface area contributed by atoms with Crippen molar-refractivity contribution in [1.29, 1.82) is 0 Å². The van der Waals surface area contributed by atoms with Gasteiger partial charge in [-0.05, 0) is 36.4 Å². The number of nitrogens with one attached hydrogen (secondary N) is 1. The van der Waals surface area contributed by atoms with E-state index in [9.17, 15) is 13.2 Å². The van der Waals surface area contributed by atoms with Crippen molar-refractivity contribution in [3.05, 3.63) is 78.9 Å². The Hall–Kier alpha value is -3.52. The third kappa shape index (κ3) is 4.90. The number of anilines is 2. The maximum absolute atomic E-state index is 13.3. The normalized spacial score (nSPS) is 10.9. The number of sulfonamides is 1. The van der Waals surface area contributed by atoms with Crippen LogP contribution in [-0.4, -0.2) is 35.1 Å². The van der Waals surface area contributed by atoms with Crippen molar-refractivity contribution < 1.29 is 22.7 Å². The molecule has 0 aliphatic rings. The smallest absolute Gasteiger partial charge is 0.264 e. The summed E-state index contributed by atoms with van der Waals surface area (Å²) in [5.41, 5.74) is 0.820. The number of nitrogens with zero attached hydrogens (tertiary/aromatic N) is 1. The minimum Gasteiger partial charge on any atom is -0.497 e. The minimum atomic E-state index is -3.99. The summed E-state index contributed by atoms with van der Waals surface area (Å²) in [6, 6.07) is 21.3. The molecule has 0 aliphatic heterocycles. The van der Waals surface area contributed by atoms with Gasteiger partial charge in [-0.25, -0.2) is 8.42 Å². The van der Waals surface area contributed by atoms with Gasteiger partial charge in [0.2, 0.25) is 5.91 Å². The number of rotatable bonds is 8. The number of hydrogen-bond acceptors (Lipinski definition) is 5. The molecule has 0 saturated heterocycles. The van der Waals surface area contributed by atoms with Crippen molar-refractivity contribution in [2.24, 2.45) is 0 Å². The van der Waals surface area contributed by atoms with E-state index in [0.717, 1.165) is 4.31 Å². The van der Waals surface area contributed by atoms with Gasteiger partial charge in [0, 0.05) is 17.8 Å². The molecule has 0 saturated carbocycles. The van der Waals surface area contributed by atoms with Crippen LogP contribution in [0.25, 0.3) is 0 Å². The molecule has 30 heavy (non-hydrogen) atoms. The summed E-state index contributed by atoms with van der Waals surface area (Å²) in [5.74, 6) is 0.564. The summed E-state index contributed by atoms with van der Waals surface area (Å²) in [7, 11) is -0.971. The molecular weight excluding hydrogens is 404 g/mol. The van der Waals surface area contributed by atoms with Crippen molar-refractivity contribution in [2.45, 2.75) is 4.90 Å². The van der Waals surface area contributed by atoms with Crippen LogP contribution in [0.3, 0.4) is 0 Å². The summed E-state index contributed by atoms with van der Waals surface area (Å²) < 4.78 is 38.0. The van der Waals surface area contributed by atoms with Gasteiger partial charge in [-0.3, -0.25) is 9.10 Å². The molecule has 8 heteroatoms. The quantitative estimate of drug-likeness (QED) is 0.596. The largest absolute Gasteiger partial charge is 0.497 e. The highest BCUT2D eigenvalue weighted by atomic mass is 32.2. The fraction of sp³-hybridized carbons (Fsp3) is 0.136. The molecule has 0 aliphatic carbocycles. The SMILES string of the molecule is COc1cccc(NC(=O)CN(c2cccc(OC)c2)S(=O)(=O)c2ccccc2)c1. The average Bonchev–Trinajstić information content (AvgIpc) is 2.78. The van der Waals surface area contributed by atoms with Crippen LogP contribution in [-0.2, 0) is 14.8 Å². The first-order valence-corrected chi connectivity index (χ1v) is 10.5. The summed E-state index contributed by atoms with van der Waals surface area (Å²) >= 11 is 0. The number of amides is 1. The van der Waals surface area contributed by atoms with Crippen LogP contribution < -0.4 is 19.1 Å². The second-order valence-electron chi connectivity index (χ2n) is 6.31. The summed E-state index contributed by atoms with van der Waals surface area (Å²) in [5, 5.41) is 2.71. The van der Waals surface area contributed by atoms with Gasteiger partial charge < -0.3 is 14.8 Å². The molecule has 1 amide bonds. The Kier molecular flexibility index (Phi) is 6.58. The van der Waals surface area contributed by atoms with E-state index in [1.807, 2.05) is 0 Å². The molecular formula is C22H22N2O5S. The predicted octanol–water partition coefficient (Wildman–Crippen LogP) is 3.54. The molecule has 0 unspecified atom stereocenters. The van der Waals surface area contributed by atoms with Crippen LogP contribution in [0, 0.1) is 0 Å². The maximum atomic E-state index is 13.3. The monoisotopic (exact) mass is 426 g/mol. The van der Waals surface area contributed by atoms with Gasteiger partial charge in [0.15, 0.2) is 0 Å². The van der Waals surface area contributed by atoms with Crippen molar-refractivity contribution in [2.75, 3.05) is 30.4 Å². The minimum absolute atomic E-state index is 0.0852. The number of methoxy groups -OCH3 is 2. The van der Waals surface area contributed by atoms with Crippen molar-refractivity contribution in [3.8, 4) is 11.5 Å². The van der Waals surface area contributed by atoms with E-state index in [1.165, 1.54) is 26.4 Å². The lowest BCUT2D eigenvalue weighted by atomic mass is 10.3. The van der Waals surface area contributed by atoms with Crippen LogP contribution in [0.15, 0.2) is 83.8 Å². The summed E-state index contributed by atoms with van der Waals surface area (Å²) in [6.07, 6.45) is 0. The molecule has 156 valence electrons. The van der Waals surface area contributed by atoms with Gasteiger partial charge >= 0.3 is 0 Å². The molecule has 0 spiro atoms. The van der Waals surface area contributed by atoms with Gasteiger partial charge in [0.05, 0.1) is 24.8 Å². The average molecular weight is 426 g/mol. The highest BCUT2D eigenvalue weighted by Gasteiger charge is 2.27. The van der Waals surface area contributed by atoms with E-state index < -0.39 is 22.5 Å². The molecule has 3 aromatic rings. The molecule has 0 aromatic heterocycles. The van der Waals surface area contributed by atoms with Gasteiger partial charge in [-0.15, -0.1) is 0 Å². The van der Waals surface area contributed by atoms with E-state index >= 15 is 0 Å². The zero-order chi connectivity index (χ0) is 21.6. The Morgan fingerprint density at radius 1 is 0.867 bits per heavy atom. The Labute approximate surface area is 175 Å². The zero-order valence-corrected chi connectivity index (χ0v) is 17.4. The Morgan fingerprint density at radius 3 is 2.17 bits per heavy atom. The molecule has 0 atom stereocenters. The van der Waals surface area contributed by atoms with Gasteiger partial charge in [-0.2, -0.15) is 0 Å². The van der Waals surface area contributed by atoms with Gasteiger partial charge in [0.25, 0.3) is 10.0 Å². The first-order valence-electron chi connectivity index (χ1n) is 9.10. The lowest BCUT2D eigenvalue weighted by molar-refractivity contribution is -0.114. The third-order valence-corrected chi connectivity index (χ3v) is 6.10. The molecule has 0 fully saturated rings. The molecule has 3 rings (SSSR count). The fourth-order valence-corrected chi connectivity index (χ4v) is 4.27. The van der Waals surface area contributed by atoms with Crippen LogP contribution in [0.2, 0.25) is 0 Å². The first kappa shape index (κ1) is 21.2. The number of ether oxygens (including phenoxy) is 2. The predicted molar refractivity (Wildman–Crippen MR) is 116 cm³/mol. The molecule has 0 bridgehead atoms. The van der Waals surface area contributed by atoms with Crippen molar-refractivity contribution >= 4 is 27.3 Å². The second kappa shape index (κ2) is 9.32. The fourth-order valence-electron chi connectivity index (χ4n) is 2.83. The molecule has 3 aromatic carbocycles. The maximum Gasteiger partial charge on any atom is 0.264 e. The van der Waals surface area contributed by atoms with Crippen LogP contribution in [0.5, 0.6) is 11.5 Å². The highest BCUT2D eigenvalue weighted by molar-refractivity contribution is 7.92. The van der Waals surface area contributed by atoms with Crippen LogP contribution in [0.4, 0.5) is 11.4 Å². The van der Waals surface area contributed by atoms with Gasteiger partial charge in [0.1, 0.15) is 18.0 Å². The van der Waals surface area contributed by atoms with E-state index in [0.29, 0.717) is 22.9 Å². The standard InChI is InChI=1S/C22H22N2O5S/c1-28-19-10-6-8-17(14-19)23-22(25)16-24(18-9-7-11-20(15-18)29-2)30(26,27)21-12-4-3-5-13-21/h3-15H,16H2,1-2H3,(H,23,25). The number of carbonyl (C=O) groups excluding carboxylic acids is 1. The zero-order valence-electron chi connectivity index (χ0n) is 16.6. The number of carbonyl (C=O) groups is 1. The number of benzene rings is 3.